The Bertz CT molecular complexity index is 578. The van der Waals surface area contributed by atoms with Crippen molar-refractivity contribution in [1.29, 1.82) is 0 Å². The lowest BCUT2D eigenvalue weighted by Gasteiger charge is -2.13. The molecule has 0 spiro atoms. The Kier molecular flexibility index (Phi) is 6.23. The lowest BCUT2D eigenvalue weighted by molar-refractivity contribution is 0.313. The van der Waals surface area contributed by atoms with E-state index >= 15 is 0 Å². The predicted molar refractivity (Wildman–Crippen MR) is 88.6 cm³/mol. The number of ether oxygens (including phenoxy) is 2. The van der Waals surface area contributed by atoms with Crippen LogP contribution in [0, 0.1) is 0 Å². The van der Waals surface area contributed by atoms with Crippen LogP contribution in [0.1, 0.15) is 5.56 Å². The van der Waals surface area contributed by atoms with Crippen LogP contribution in [0.2, 0.25) is 5.02 Å². The summed E-state index contributed by atoms with van der Waals surface area (Å²) in [5.41, 5.74) is 6.54. The highest BCUT2D eigenvalue weighted by molar-refractivity contribution is 7.99. The molecule has 0 aliphatic rings. The number of rotatable bonds is 7. The van der Waals surface area contributed by atoms with Crippen LogP contribution in [0.5, 0.6) is 11.5 Å². The van der Waals surface area contributed by atoms with Gasteiger partial charge in [0.1, 0.15) is 0 Å². The maximum absolute atomic E-state index is 6.22. The van der Waals surface area contributed by atoms with Gasteiger partial charge in [-0.1, -0.05) is 29.8 Å². The molecule has 0 aromatic heterocycles. The number of benzene rings is 2. The van der Waals surface area contributed by atoms with E-state index in [0.29, 0.717) is 29.7 Å². The SMILES string of the molecule is COc1cc(CN)cc(Cl)c1OCCSc1ccccc1. The molecule has 21 heavy (non-hydrogen) atoms. The molecule has 0 heterocycles. The van der Waals surface area contributed by atoms with E-state index < -0.39 is 0 Å². The van der Waals surface area contributed by atoms with Gasteiger partial charge in [-0.05, 0) is 29.8 Å². The number of nitrogens with two attached hydrogens (primary N) is 1. The van der Waals surface area contributed by atoms with Gasteiger partial charge in [-0.15, -0.1) is 11.8 Å². The second-order valence-electron chi connectivity index (χ2n) is 4.32. The molecule has 0 bridgehead atoms. The summed E-state index contributed by atoms with van der Waals surface area (Å²) >= 11 is 7.96. The van der Waals surface area contributed by atoms with Gasteiger partial charge < -0.3 is 15.2 Å². The minimum Gasteiger partial charge on any atom is -0.493 e. The van der Waals surface area contributed by atoms with Crippen LogP contribution in [0.15, 0.2) is 47.4 Å². The fourth-order valence-corrected chi connectivity index (χ4v) is 2.89. The largest absolute Gasteiger partial charge is 0.493 e. The molecule has 0 unspecified atom stereocenters. The molecule has 0 saturated heterocycles. The Morgan fingerprint density at radius 1 is 1.19 bits per heavy atom. The van der Waals surface area contributed by atoms with Gasteiger partial charge in [0.15, 0.2) is 11.5 Å². The van der Waals surface area contributed by atoms with E-state index in [1.807, 2.05) is 30.3 Å². The Labute approximate surface area is 134 Å². The van der Waals surface area contributed by atoms with E-state index in [2.05, 4.69) is 12.1 Å². The summed E-state index contributed by atoms with van der Waals surface area (Å²) in [5.74, 6) is 2.03. The van der Waals surface area contributed by atoms with Gasteiger partial charge in [0.05, 0.1) is 18.7 Å². The molecule has 3 nitrogen and oxygen atoms in total. The third kappa shape index (κ3) is 4.56. The highest BCUT2D eigenvalue weighted by Gasteiger charge is 2.11. The number of thioether (sulfide) groups is 1. The summed E-state index contributed by atoms with van der Waals surface area (Å²) in [5, 5.41) is 0.527. The van der Waals surface area contributed by atoms with Crippen LogP contribution in [-0.2, 0) is 6.54 Å². The molecule has 0 radical (unpaired) electrons. The first kappa shape index (κ1) is 16.0. The van der Waals surface area contributed by atoms with Gasteiger partial charge in [-0.2, -0.15) is 0 Å². The van der Waals surface area contributed by atoms with Crippen LogP contribution in [0.4, 0.5) is 0 Å². The molecule has 0 saturated carbocycles. The fourth-order valence-electron chi connectivity index (χ4n) is 1.85. The molecule has 0 aliphatic carbocycles. The van der Waals surface area contributed by atoms with E-state index in [-0.39, 0.29) is 0 Å². The van der Waals surface area contributed by atoms with Crippen LogP contribution >= 0.6 is 23.4 Å². The number of hydrogen-bond donors (Lipinski definition) is 1. The third-order valence-electron chi connectivity index (χ3n) is 2.87. The quantitative estimate of drug-likeness (QED) is 0.618. The zero-order valence-electron chi connectivity index (χ0n) is 11.8. The molecule has 0 amide bonds. The Hall–Kier alpha value is -1.36. The van der Waals surface area contributed by atoms with Gasteiger partial charge in [-0.3, -0.25) is 0 Å². The second-order valence-corrected chi connectivity index (χ2v) is 5.90. The Balaban J connectivity index is 1.93. The van der Waals surface area contributed by atoms with Crippen molar-refractivity contribution in [2.24, 2.45) is 5.73 Å². The van der Waals surface area contributed by atoms with Gasteiger partial charge in [0, 0.05) is 17.2 Å². The molecular formula is C16H18ClNO2S. The predicted octanol–water partition coefficient (Wildman–Crippen LogP) is 3.98. The molecule has 2 rings (SSSR count). The first-order valence-electron chi connectivity index (χ1n) is 6.61. The van der Waals surface area contributed by atoms with Crippen LogP contribution in [-0.4, -0.2) is 19.5 Å². The maximum atomic E-state index is 6.22. The molecule has 0 atom stereocenters. The zero-order chi connectivity index (χ0) is 15.1. The summed E-state index contributed by atoms with van der Waals surface area (Å²) in [6.45, 7) is 0.970. The average Bonchev–Trinajstić information content (AvgIpc) is 2.53. The van der Waals surface area contributed by atoms with Crippen LogP contribution in [0.3, 0.4) is 0 Å². The highest BCUT2D eigenvalue weighted by atomic mass is 35.5. The third-order valence-corrected chi connectivity index (χ3v) is 4.12. The van der Waals surface area contributed by atoms with E-state index in [9.17, 15) is 0 Å². The standard InChI is InChI=1S/C16H18ClNO2S/c1-19-15-10-12(11-18)9-14(17)16(15)20-7-8-21-13-5-3-2-4-6-13/h2-6,9-10H,7-8,11,18H2,1H3. The van der Waals surface area contributed by atoms with E-state index in [1.165, 1.54) is 4.90 Å². The van der Waals surface area contributed by atoms with Gasteiger partial charge >= 0.3 is 0 Å². The minimum atomic E-state index is 0.417. The number of methoxy groups -OCH3 is 1. The highest BCUT2D eigenvalue weighted by Crippen LogP contribution is 2.36. The molecule has 112 valence electrons. The lowest BCUT2D eigenvalue weighted by atomic mass is 10.2. The Morgan fingerprint density at radius 2 is 1.95 bits per heavy atom. The first-order valence-corrected chi connectivity index (χ1v) is 7.98. The molecule has 0 fully saturated rings. The molecule has 0 aliphatic heterocycles. The van der Waals surface area contributed by atoms with Crippen molar-refractivity contribution in [1.82, 2.24) is 0 Å². The topological polar surface area (TPSA) is 44.5 Å². The van der Waals surface area contributed by atoms with Crippen molar-refractivity contribution in [3.8, 4) is 11.5 Å². The summed E-state index contributed by atoms with van der Waals surface area (Å²) in [7, 11) is 1.59. The van der Waals surface area contributed by atoms with Crippen molar-refractivity contribution >= 4 is 23.4 Å². The minimum absolute atomic E-state index is 0.417. The first-order chi connectivity index (χ1) is 10.2. The van der Waals surface area contributed by atoms with Crippen molar-refractivity contribution in [3.63, 3.8) is 0 Å². The lowest BCUT2D eigenvalue weighted by Crippen LogP contribution is -2.04. The fraction of sp³-hybridized carbons (Fsp3) is 0.250. The van der Waals surface area contributed by atoms with Crippen LogP contribution in [0.25, 0.3) is 0 Å². The summed E-state index contributed by atoms with van der Waals surface area (Å²) in [4.78, 5) is 1.22. The average molecular weight is 324 g/mol. The molecular weight excluding hydrogens is 306 g/mol. The number of hydrogen-bond acceptors (Lipinski definition) is 4. The number of halogens is 1. The normalized spacial score (nSPS) is 10.4. The van der Waals surface area contributed by atoms with Crippen LogP contribution < -0.4 is 15.2 Å². The monoisotopic (exact) mass is 323 g/mol. The molecule has 5 heteroatoms. The molecule has 2 aromatic carbocycles. The van der Waals surface area contributed by atoms with Crippen molar-refractivity contribution in [2.75, 3.05) is 19.5 Å². The summed E-state index contributed by atoms with van der Waals surface area (Å²) in [6.07, 6.45) is 0. The summed E-state index contributed by atoms with van der Waals surface area (Å²) in [6, 6.07) is 13.9. The maximum Gasteiger partial charge on any atom is 0.179 e. The van der Waals surface area contributed by atoms with Gasteiger partial charge in [0.25, 0.3) is 0 Å². The van der Waals surface area contributed by atoms with E-state index in [1.54, 1.807) is 18.9 Å². The van der Waals surface area contributed by atoms with E-state index in [4.69, 9.17) is 26.8 Å². The van der Waals surface area contributed by atoms with Gasteiger partial charge in [0.2, 0.25) is 0 Å². The van der Waals surface area contributed by atoms with Crippen molar-refractivity contribution in [3.05, 3.63) is 53.1 Å². The summed E-state index contributed by atoms with van der Waals surface area (Å²) < 4.78 is 11.1. The smallest absolute Gasteiger partial charge is 0.179 e. The second kappa shape index (κ2) is 8.17. The Morgan fingerprint density at radius 3 is 2.62 bits per heavy atom. The van der Waals surface area contributed by atoms with Crippen molar-refractivity contribution in [2.45, 2.75) is 11.4 Å². The van der Waals surface area contributed by atoms with Crippen molar-refractivity contribution < 1.29 is 9.47 Å². The van der Waals surface area contributed by atoms with Gasteiger partial charge in [-0.25, -0.2) is 0 Å². The molecule has 2 aromatic rings. The zero-order valence-corrected chi connectivity index (χ0v) is 13.4. The van der Waals surface area contributed by atoms with E-state index in [0.717, 1.165) is 11.3 Å². The molecule has 2 N–H and O–H groups in total.